The molecule has 0 amide bonds. The van der Waals surface area contributed by atoms with Crippen molar-refractivity contribution < 1.29 is 0 Å². The van der Waals surface area contributed by atoms with Gasteiger partial charge in [-0.3, -0.25) is 4.90 Å². The van der Waals surface area contributed by atoms with Crippen molar-refractivity contribution in [1.82, 2.24) is 10.2 Å². The van der Waals surface area contributed by atoms with Crippen molar-refractivity contribution in [3.63, 3.8) is 0 Å². The van der Waals surface area contributed by atoms with Crippen LogP contribution in [0.4, 0.5) is 0 Å². The molecule has 106 valence electrons. The maximum absolute atomic E-state index is 3.76. The summed E-state index contributed by atoms with van der Waals surface area (Å²) in [5.41, 5.74) is 0. The van der Waals surface area contributed by atoms with Gasteiger partial charge in [-0.2, -0.15) is 0 Å². The lowest BCUT2D eigenvalue weighted by atomic mass is 9.83. The predicted octanol–water partition coefficient (Wildman–Crippen LogP) is 3.86. The van der Waals surface area contributed by atoms with Gasteiger partial charge in [0.05, 0.1) is 0 Å². The first kappa shape index (κ1) is 14.1. The van der Waals surface area contributed by atoms with E-state index in [1.165, 1.54) is 54.5 Å². The van der Waals surface area contributed by atoms with Crippen molar-refractivity contribution in [2.75, 3.05) is 19.6 Å². The molecule has 4 heteroatoms. The zero-order chi connectivity index (χ0) is 13.1. The molecule has 1 aromatic heterocycles. The van der Waals surface area contributed by atoms with Crippen LogP contribution < -0.4 is 5.32 Å². The van der Waals surface area contributed by atoms with Crippen LogP contribution in [-0.2, 0) is 6.54 Å². The van der Waals surface area contributed by atoms with Gasteiger partial charge >= 0.3 is 0 Å². The average Bonchev–Trinajstić information content (AvgIpc) is 2.85. The molecule has 2 aliphatic rings. The molecule has 0 bridgehead atoms. The number of hydrogen-bond donors (Lipinski definition) is 1. The van der Waals surface area contributed by atoms with Crippen LogP contribution in [0.2, 0.25) is 0 Å². The van der Waals surface area contributed by atoms with Gasteiger partial charge in [-0.25, -0.2) is 0 Å². The van der Waals surface area contributed by atoms with Gasteiger partial charge in [0, 0.05) is 47.0 Å². The van der Waals surface area contributed by atoms with Crippen molar-refractivity contribution in [3.05, 3.63) is 20.8 Å². The highest BCUT2D eigenvalue weighted by Gasteiger charge is 2.27. The van der Waals surface area contributed by atoms with Gasteiger partial charge in [0.15, 0.2) is 0 Å². The van der Waals surface area contributed by atoms with Gasteiger partial charge in [0.2, 0.25) is 0 Å². The summed E-state index contributed by atoms with van der Waals surface area (Å²) in [7, 11) is 0. The van der Waals surface area contributed by atoms with Gasteiger partial charge in [-0.05, 0) is 40.8 Å². The third kappa shape index (κ3) is 3.81. The van der Waals surface area contributed by atoms with Gasteiger partial charge in [-0.15, -0.1) is 11.3 Å². The number of halogens is 1. The van der Waals surface area contributed by atoms with E-state index in [4.69, 9.17) is 0 Å². The molecule has 1 aliphatic carbocycles. The minimum Gasteiger partial charge on any atom is -0.311 e. The van der Waals surface area contributed by atoms with Crippen LogP contribution in [-0.4, -0.2) is 30.6 Å². The van der Waals surface area contributed by atoms with Crippen molar-refractivity contribution >= 4 is 27.3 Å². The fraction of sp³-hybridized carbons (Fsp3) is 0.733. The highest BCUT2D eigenvalue weighted by Crippen LogP contribution is 2.28. The Kier molecular flexibility index (Phi) is 4.96. The van der Waals surface area contributed by atoms with E-state index in [1.54, 1.807) is 0 Å². The summed E-state index contributed by atoms with van der Waals surface area (Å²) in [5, 5.41) is 5.95. The van der Waals surface area contributed by atoms with E-state index in [0.29, 0.717) is 0 Å². The molecule has 1 atom stereocenters. The second-order valence-corrected chi connectivity index (χ2v) is 7.84. The lowest BCUT2D eigenvalue weighted by molar-refractivity contribution is 0.142. The number of nitrogens with one attached hydrogen (secondary N) is 1. The molecule has 1 N–H and O–H groups in total. The average molecular weight is 343 g/mol. The summed E-state index contributed by atoms with van der Waals surface area (Å²) in [6.45, 7) is 4.72. The second-order valence-electron chi connectivity index (χ2n) is 5.93. The number of thiophene rings is 1. The van der Waals surface area contributed by atoms with Crippen LogP contribution in [0.25, 0.3) is 0 Å². The van der Waals surface area contributed by atoms with E-state index < -0.39 is 0 Å². The van der Waals surface area contributed by atoms with Crippen molar-refractivity contribution in [2.45, 2.75) is 44.7 Å². The third-order valence-corrected chi connectivity index (χ3v) is 6.19. The number of piperazine rings is 1. The molecule has 2 nitrogen and oxygen atoms in total. The summed E-state index contributed by atoms with van der Waals surface area (Å²) >= 11 is 5.42. The Balaban J connectivity index is 1.55. The molecular formula is C15H23BrN2S. The van der Waals surface area contributed by atoms with E-state index in [-0.39, 0.29) is 0 Å². The maximum Gasteiger partial charge on any atom is 0.0329 e. The van der Waals surface area contributed by atoms with E-state index >= 15 is 0 Å². The van der Waals surface area contributed by atoms with Crippen LogP contribution in [0.3, 0.4) is 0 Å². The molecule has 1 saturated carbocycles. The molecule has 1 aromatic rings. The van der Waals surface area contributed by atoms with Crippen LogP contribution >= 0.6 is 27.3 Å². The third-order valence-electron chi connectivity index (χ3n) is 4.51. The molecule has 1 aliphatic heterocycles. The summed E-state index contributed by atoms with van der Waals surface area (Å²) in [6.07, 6.45) is 7.23. The van der Waals surface area contributed by atoms with E-state index in [9.17, 15) is 0 Å². The van der Waals surface area contributed by atoms with Crippen LogP contribution in [0.5, 0.6) is 0 Å². The summed E-state index contributed by atoms with van der Waals surface area (Å²) in [5.74, 6) is 0.923. The van der Waals surface area contributed by atoms with Crippen LogP contribution in [0, 0.1) is 5.92 Å². The molecule has 3 rings (SSSR count). The molecule has 0 aromatic carbocycles. The Hall–Kier alpha value is 0.1000. The minimum atomic E-state index is 0.734. The van der Waals surface area contributed by atoms with Crippen molar-refractivity contribution in [2.24, 2.45) is 5.92 Å². The van der Waals surface area contributed by atoms with Gasteiger partial charge in [0.1, 0.15) is 0 Å². The Morgan fingerprint density at radius 2 is 2.16 bits per heavy atom. The Morgan fingerprint density at radius 3 is 2.89 bits per heavy atom. The lowest BCUT2D eigenvalue weighted by Crippen LogP contribution is -2.53. The first-order valence-corrected chi connectivity index (χ1v) is 9.17. The normalized spacial score (nSPS) is 26.7. The van der Waals surface area contributed by atoms with E-state index in [2.05, 4.69) is 37.6 Å². The zero-order valence-electron chi connectivity index (χ0n) is 11.4. The molecule has 0 radical (unpaired) electrons. The Bertz CT molecular complexity index is 401. The smallest absolute Gasteiger partial charge is 0.0329 e. The molecule has 1 saturated heterocycles. The minimum absolute atomic E-state index is 0.734. The maximum atomic E-state index is 3.76. The molecule has 2 fully saturated rings. The first-order chi connectivity index (χ1) is 9.31. The molecule has 1 unspecified atom stereocenters. The largest absolute Gasteiger partial charge is 0.311 e. The number of nitrogens with zero attached hydrogens (tertiary/aromatic N) is 1. The fourth-order valence-corrected chi connectivity index (χ4v) is 4.99. The monoisotopic (exact) mass is 342 g/mol. The van der Waals surface area contributed by atoms with Crippen molar-refractivity contribution in [3.8, 4) is 0 Å². The number of hydrogen-bond acceptors (Lipinski definition) is 3. The molecule has 0 spiro atoms. The fourth-order valence-electron chi connectivity index (χ4n) is 3.50. The quantitative estimate of drug-likeness (QED) is 0.896. The lowest BCUT2D eigenvalue weighted by Gasteiger charge is -2.39. The Labute approximate surface area is 128 Å². The topological polar surface area (TPSA) is 15.3 Å². The first-order valence-electron chi connectivity index (χ1n) is 7.50. The molecule has 19 heavy (non-hydrogen) atoms. The summed E-state index contributed by atoms with van der Waals surface area (Å²) in [4.78, 5) is 4.12. The van der Waals surface area contributed by atoms with E-state index in [1.807, 2.05) is 11.3 Å². The Morgan fingerprint density at radius 1 is 1.32 bits per heavy atom. The summed E-state index contributed by atoms with van der Waals surface area (Å²) < 4.78 is 1.23. The van der Waals surface area contributed by atoms with Gasteiger partial charge in [0.25, 0.3) is 0 Å². The van der Waals surface area contributed by atoms with Crippen molar-refractivity contribution in [1.29, 1.82) is 0 Å². The summed E-state index contributed by atoms with van der Waals surface area (Å²) in [6, 6.07) is 3.00. The van der Waals surface area contributed by atoms with E-state index in [0.717, 1.165) is 25.0 Å². The highest BCUT2D eigenvalue weighted by atomic mass is 79.9. The van der Waals surface area contributed by atoms with Gasteiger partial charge < -0.3 is 5.32 Å². The number of rotatable bonds is 3. The highest BCUT2D eigenvalue weighted by molar-refractivity contribution is 9.10. The molecule has 2 heterocycles. The van der Waals surface area contributed by atoms with Gasteiger partial charge in [-0.1, -0.05) is 19.3 Å². The standard InChI is InChI=1S/C15H23BrN2S/c16-13-8-14(19-11-13)9-18-7-6-17-15(10-18)12-4-2-1-3-5-12/h8,11-12,15,17H,1-7,9-10H2. The SMILES string of the molecule is Brc1csc(CN2CCNC(C3CCCCC3)C2)c1. The second kappa shape index (κ2) is 6.70. The molecular weight excluding hydrogens is 320 g/mol. The van der Waals surface area contributed by atoms with Crippen LogP contribution in [0.1, 0.15) is 37.0 Å². The zero-order valence-corrected chi connectivity index (χ0v) is 13.8. The predicted molar refractivity (Wildman–Crippen MR) is 85.7 cm³/mol. The van der Waals surface area contributed by atoms with Crippen LogP contribution in [0.15, 0.2) is 15.9 Å².